The standard InChI is InChI=1S/C16H17NO3/c1-11-12-6-2-3-7-13(12)15(20)17(11)16(10-14(18)19)8-4-5-9-16/h2-3,6-7H,1,4-5,8-10H2,(H,18,19). The van der Waals surface area contributed by atoms with Gasteiger partial charge in [-0.1, -0.05) is 37.6 Å². The molecule has 1 amide bonds. The van der Waals surface area contributed by atoms with Crippen molar-refractivity contribution in [3.05, 3.63) is 42.0 Å². The number of benzene rings is 1. The molecule has 20 heavy (non-hydrogen) atoms. The molecule has 0 atom stereocenters. The molecule has 4 heteroatoms. The molecule has 0 unspecified atom stereocenters. The van der Waals surface area contributed by atoms with E-state index in [1.807, 2.05) is 18.2 Å². The highest BCUT2D eigenvalue weighted by molar-refractivity contribution is 6.09. The van der Waals surface area contributed by atoms with E-state index in [1.54, 1.807) is 11.0 Å². The van der Waals surface area contributed by atoms with Gasteiger partial charge in [-0.2, -0.15) is 0 Å². The minimum atomic E-state index is -0.858. The van der Waals surface area contributed by atoms with Crippen LogP contribution in [0.15, 0.2) is 30.8 Å². The summed E-state index contributed by atoms with van der Waals surface area (Å²) in [5.41, 5.74) is 1.51. The summed E-state index contributed by atoms with van der Waals surface area (Å²) in [6.45, 7) is 4.04. The van der Waals surface area contributed by atoms with Gasteiger partial charge in [0.1, 0.15) is 0 Å². The van der Waals surface area contributed by atoms with Crippen molar-refractivity contribution in [3.8, 4) is 0 Å². The van der Waals surface area contributed by atoms with Gasteiger partial charge < -0.3 is 10.0 Å². The predicted molar refractivity (Wildman–Crippen MR) is 75.1 cm³/mol. The molecule has 0 saturated heterocycles. The lowest BCUT2D eigenvalue weighted by atomic mass is 9.90. The van der Waals surface area contributed by atoms with Crippen molar-refractivity contribution in [2.75, 3.05) is 0 Å². The summed E-state index contributed by atoms with van der Waals surface area (Å²) in [6.07, 6.45) is 3.38. The van der Waals surface area contributed by atoms with Gasteiger partial charge in [0.2, 0.25) is 0 Å². The van der Waals surface area contributed by atoms with Crippen LogP contribution >= 0.6 is 0 Å². The van der Waals surface area contributed by atoms with E-state index < -0.39 is 11.5 Å². The second kappa shape index (κ2) is 4.47. The molecule has 1 aliphatic carbocycles. The molecule has 1 heterocycles. The molecule has 3 rings (SSSR count). The van der Waals surface area contributed by atoms with E-state index in [2.05, 4.69) is 6.58 Å². The largest absolute Gasteiger partial charge is 0.481 e. The average molecular weight is 271 g/mol. The number of rotatable bonds is 3. The highest BCUT2D eigenvalue weighted by Gasteiger charge is 2.48. The van der Waals surface area contributed by atoms with Gasteiger partial charge in [-0.3, -0.25) is 9.59 Å². The molecule has 0 spiro atoms. The SMILES string of the molecule is C=C1c2ccccc2C(=O)N1C1(CC(=O)O)CCCC1. The van der Waals surface area contributed by atoms with Crippen molar-refractivity contribution in [3.63, 3.8) is 0 Å². The lowest BCUT2D eigenvalue weighted by molar-refractivity contribution is -0.139. The Morgan fingerprint density at radius 3 is 2.40 bits per heavy atom. The number of amides is 1. The Hall–Kier alpha value is -2.10. The van der Waals surface area contributed by atoms with E-state index in [9.17, 15) is 14.7 Å². The number of nitrogens with zero attached hydrogens (tertiary/aromatic N) is 1. The number of hydrogen-bond donors (Lipinski definition) is 1. The molecule has 0 aromatic heterocycles. The van der Waals surface area contributed by atoms with E-state index in [0.29, 0.717) is 11.3 Å². The van der Waals surface area contributed by atoms with Crippen molar-refractivity contribution >= 4 is 17.6 Å². The van der Waals surface area contributed by atoms with Gasteiger partial charge >= 0.3 is 5.97 Å². The maximum absolute atomic E-state index is 12.7. The van der Waals surface area contributed by atoms with Crippen LogP contribution in [-0.4, -0.2) is 27.4 Å². The Kier molecular flexibility index (Phi) is 2.89. The zero-order valence-corrected chi connectivity index (χ0v) is 11.3. The van der Waals surface area contributed by atoms with E-state index in [4.69, 9.17) is 0 Å². The Morgan fingerprint density at radius 2 is 1.85 bits per heavy atom. The third-order valence-corrected chi connectivity index (χ3v) is 4.43. The van der Waals surface area contributed by atoms with E-state index in [-0.39, 0.29) is 12.3 Å². The third-order valence-electron chi connectivity index (χ3n) is 4.43. The number of carboxylic acid groups (broad SMARTS) is 1. The quantitative estimate of drug-likeness (QED) is 0.919. The highest BCUT2D eigenvalue weighted by Crippen LogP contribution is 2.46. The molecule has 0 radical (unpaired) electrons. The number of carbonyl (C=O) groups excluding carboxylic acids is 1. The van der Waals surface area contributed by atoms with Crippen LogP contribution in [0, 0.1) is 0 Å². The van der Waals surface area contributed by atoms with Crippen LogP contribution in [0.5, 0.6) is 0 Å². The molecule has 0 bridgehead atoms. The molecule has 2 aliphatic rings. The number of hydrogen-bond acceptors (Lipinski definition) is 2. The summed E-state index contributed by atoms with van der Waals surface area (Å²) in [5.74, 6) is -0.961. The van der Waals surface area contributed by atoms with Gasteiger partial charge in [0.25, 0.3) is 5.91 Å². The molecule has 104 valence electrons. The fourth-order valence-electron chi connectivity index (χ4n) is 3.58. The lowest BCUT2D eigenvalue weighted by Gasteiger charge is -2.38. The Labute approximate surface area is 117 Å². The van der Waals surface area contributed by atoms with Gasteiger partial charge in [-0.25, -0.2) is 0 Å². The Bertz CT molecular complexity index is 564. The van der Waals surface area contributed by atoms with Crippen LogP contribution in [0.2, 0.25) is 0 Å². The van der Waals surface area contributed by atoms with Crippen molar-refractivity contribution in [2.45, 2.75) is 37.6 Å². The fourth-order valence-corrected chi connectivity index (χ4v) is 3.58. The van der Waals surface area contributed by atoms with Crippen LogP contribution in [0.25, 0.3) is 5.70 Å². The van der Waals surface area contributed by atoms with Crippen LogP contribution in [0.3, 0.4) is 0 Å². The first-order valence-electron chi connectivity index (χ1n) is 6.90. The summed E-state index contributed by atoms with van der Waals surface area (Å²) in [6, 6.07) is 7.36. The van der Waals surface area contributed by atoms with Gasteiger partial charge in [0.05, 0.1) is 12.0 Å². The summed E-state index contributed by atoms with van der Waals surface area (Å²) in [7, 11) is 0. The average Bonchev–Trinajstić information content (AvgIpc) is 2.95. The Morgan fingerprint density at radius 1 is 1.25 bits per heavy atom. The number of fused-ring (bicyclic) bond motifs is 1. The zero-order valence-electron chi connectivity index (χ0n) is 11.3. The molecular formula is C16H17NO3. The number of carboxylic acids is 1. The minimum Gasteiger partial charge on any atom is -0.481 e. The first kappa shape index (κ1) is 12.9. The highest BCUT2D eigenvalue weighted by atomic mass is 16.4. The zero-order chi connectivity index (χ0) is 14.3. The third kappa shape index (κ3) is 1.75. The Balaban J connectivity index is 2.04. The molecule has 1 fully saturated rings. The van der Waals surface area contributed by atoms with E-state index in [1.165, 1.54) is 0 Å². The summed E-state index contributed by atoms with van der Waals surface area (Å²) in [5, 5.41) is 9.22. The summed E-state index contributed by atoms with van der Waals surface area (Å²) >= 11 is 0. The smallest absolute Gasteiger partial charge is 0.305 e. The molecule has 1 aromatic carbocycles. The predicted octanol–water partition coefficient (Wildman–Crippen LogP) is 2.90. The van der Waals surface area contributed by atoms with Crippen molar-refractivity contribution in [1.82, 2.24) is 4.90 Å². The molecule has 4 nitrogen and oxygen atoms in total. The maximum Gasteiger partial charge on any atom is 0.305 e. The number of carbonyl (C=O) groups is 2. The second-order valence-corrected chi connectivity index (χ2v) is 5.63. The van der Waals surface area contributed by atoms with Crippen molar-refractivity contribution in [1.29, 1.82) is 0 Å². The molecule has 1 N–H and O–H groups in total. The van der Waals surface area contributed by atoms with Gasteiger partial charge in [-0.05, 0) is 18.9 Å². The lowest BCUT2D eigenvalue weighted by Crippen LogP contribution is -2.47. The van der Waals surface area contributed by atoms with Crippen molar-refractivity contribution in [2.24, 2.45) is 0 Å². The van der Waals surface area contributed by atoms with E-state index >= 15 is 0 Å². The van der Waals surface area contributed by atoms with Crippen molar-refractivity contribution < 1.29 is 14.7 Å². The van der Waals surface area contributed by atoms with Gasteiger partial charge in [0, 0.05) is 16.8 Å². The normalized spacial score (nSPS) is 20.3. The fraction of sp³-hybridized carbons (Fsp3) is 0.375. The van der Waals surface area contributed by atoms with Crippen LogP contribution in [0.1, 0.15) is 48.0 Å². The molecule has 1 saturated carbocycles. The molecular weight excluding hydrogens is 254 g/mol. The maximum atomic E-state index is 12.7. The molecule has 1 aromatic rings. The van der Waals surface area contributed by atoms with Crippen LogP contribution in [-0.2, 0) is 4.79 Å². The minimum absolute atomic E-state index is 0.00819. The summed E-state index contributed by atoms with van der Waals surface area (Å²) < 4.78 is 0. The van der Waals surface area contributed by atoms with E-state index in [0.717, 1.165) is 31.2 Å². The molecule has 1 aliphatic heterocycles. The summed E-state index contributed by atoms with van der Waals surface area (Å²) in [4.78, 5) is 25.5. The van der Waals surface area contributed by atoms with Crippen LogP contribution < -0.4 is 0 Å². The van der Waals surface area contributed by atoms with Gasteiger partial charge in [-0.15, -0.1) is 0 Å². The monoisotopic (exact) mass is 271 g/mol. The topological polar surface area (TPSA) is 57.6 Å². The van der Waals surface area contributed by atoms with Crippen LogP contribution in [0.4, 0.5) is 0 Å². The number of aliphatic carboxylic acids is 1. The first-order valence-corrected chi connectivity index (χ1v) is 6.90. The van der Waals surface area contributed by atoms with Gasteiger partial charge in [0.15, 0.2) is 0 Å². The second-order valence-electron chi connectivity index (χ2n) is 5.63. The first-order chi connectivity index (χ1) is 9.55.